The number of nitrogens with one attached hydrogen (secondary N) is 1. The molecule has 1 aromatic rings. The van der Waals surface area contributed by atoms with Gasteiger partial charge < -0.3 is 19.6 Å². The first-order valence-electron chi connectivity index (χ1n) is 7.09. The van der Waals surface area contributed by atoms with E-state index in [1.54, 1.807) is 11.9 Å². The van der Waals surface area contributed by atoms with Crippen LogP contribution in [-0.4, -0.2) is 54.2 Å². The molecule has 2 rings (SSSR count). The van der Waals surface area contributed by atoms with Gasteiger partial charge in [-0.25, -0.2) is 4.79 Å². The van der Waals surface area contributed by atoms with Gasteiger partial charge in [0.2, 0.25) is 0 Å². The SMILES string of the molecule is Cc1noc(C)c1CN(C)C(=O)N[C@H]1CCCN(C)C1. The standard InChI is InChI=1S/C14H24N4O2/c1-10-13(11(2)20-16-10)9-18(4)14(19)15-12-6-5-7-17(3)8-12/h12H,5-9H2,1-4H3,(H,15,19)/t12-/m0/s1. The molecule has 0 aromatic carbocycles. The van der Waals surface area contributed by atoms with Gasteiger partial charge in [-0.1, -0.05) is 5.16 Å². The van der Waals surface area contributed by atoms with Crippen molar-refractivity contribution in [2.45, 2.75) is 39.3 Å². The van der Waals surface area contributed by atoms with Crippen molar-refractivity contribution in [3.8, 4) is 0 Å². The third-order valence-corrected chi connectivity index (χ3v) is 3.88. The lowest BCUT2D eigenvalue weighted by atomic mass is 10.1. The largest absolute Gasteiger partial charge is 0.361 e. The van der Waals surface area contributed by atoms with Gasteiger partial charge in [0.15, 0.2) is 0 Å². The molecule has 112 valence electrons. The molecule has 1 aromatic heterocycles. The zero-order chi connectivity index (χ0) is 14.7. The van der Waals surface area contributed by atoms with E-state index in [1.165, 1.54) is 0 Å². The first-order chi connectivity index (χ1) is 9.47. The van der Waals surface area contributed by atoms with Crippen molar-refractivity contribution in [2.24, 2.45) is 0 Å². The highest BCUT2D eigenvalue weighted by Crippen LogP contribution is 2.14. The van der Waals surface area contributed by atoms with Gasteiger partial charge in [-0.2, -0.15) is 0 Å². The van der Waals surface area contributed by atoms with Gasteiger partial charge in [0.1, 0.15) is 5.76 Å². The van der Waals surface area contributed by atoms with Crippen LogP contribution >= 0.6 is 0 Å². The zero-order valence-corrected chi connectivity index (χ0v) is 12.8. The monoisotopic (exact) mass is 280 g/mol. The van der Waals surface area contributed by atoms with Gasteiger partial charge in [0.25, 0.3) is 0 Å². The number of hydrogen-bond donors (Lipinski definition) is 1. The normalized spacial score (nSPS) is 19.9. The summed E-state index contributed by atoms with van der Waals surface area (Å²) in [6, 6.07) is 0.207. The second kappa shape index (κ2) is 6.26. The smallest absolute Gasteiger partial charge is 0.317 e. The van der Waals surface area contributed by atoms with E-state index in [4.69, 9.17) is 4.52 Å². The van der Waals surface area contributed by atoms with Gasteiger partial charge in [-0.15, -0.1) is 0 Å². The quantitative estimate of drug-likeness (QED) is 0.912. The number of aromatic nitrogens is 1. The molecule has 2 amide bonds. The van der Waals surface area contributed by atoms with Crippen molar-refractivity contribution >= 4 is 6.03 Å². The zero-order valence-electron chi connectivity index (χ0n) is 12.8. The van der Waals surface area contributed by atoms with Crippen molar-refractivity contribution in [1.82, 2.24) is 20.3 Å². The van der Waals surface area contributed by atoms with Crippen LogP contribution in [0.15, 0.2) is 4.52 Å². The molecule has 0 radical (unpaired) electrons. The Morgan fingerprint density at radius 3 is 2.90 bits per heavy atom. The summed E-state index contributed by atoms with van der Waals surface area (Å²) in [6.07, 6.45) is 2.18. The fourth-order valence-corrected chi connectivity index (χ4v) is 2.61. The number of carbonyl (C=O) groups is 1. The minimum absolute atomic E-state index is 0.0368. The lowest BCUT2D eigenvalue weighted by Crippen LogP contribution is -2.49. The van der Waals surface area contributed by atoms with E-state index in [2.05, 4.69) is 22.4 Å². The first-order valence-corrected chi connectivity index (χ1v) is 7.09. The second-order valence-corrected chi connectivity index (χ2v) is 5.71. The summed E-state index contributed by atoms with van der Waals surface area (Å²) in [7, 11) is 3.89. The molecule has 0 spiro atoms. The summed E-state index contributed by atoms with van der Waals surface area (Å²) in [5.41, 5.74) is 1.84. The lowest BCUT2D eigenvalue weighted by Gasteiger charge is -2.31. The minimum atomic E-state index is -0.0368. The predicted molar refractivity (Wildman–Crippen MR) is 76.5 cm³/mol. The van der Waals surface area contributed by atoms with Crippen LogP contribution in [0.25, 0.3) is 0 Å². The summed E-state index contributed by atoms with van der Waals surface area (Å²) in [4.78, 5) is 16.1. The van der Waals surface area contributed by atoms with Crippen LogP contribution in [0.4, 0.5) is 4.79 Å². The van der Waals surface area contributed by atoms with Crippen molar-refractivity contribution in [3.63, 3.8) is 0 Å². The van der Waals surface area contributed by atoms with Gasteiger partial charge in [0, 0.05) is 25.2 Å². The number of likely N-dealkylation sites (tertiary alicyclic amines) is 1. The van der Waals surface area contributed by atoms with Crippen molar-refractivity contribution in [1.29, 1.82) is 0 Å². The Bertz CT molecular complexity index is 452. The van der Waals surface area contributed by atoms with E-state index in [0.29, 0.717) is 6.54 Å². The maximum Gasteiger partial charge on any atom is 0.317 e. The third kappa shape index (κ3) is 3.50. The molecule has 1 N–H and O–H groups in total. The number of amides is 2. The summed E-state index contributed by atoms with van der Waals surface area (Å²) in [5, 5.41) is 7.01. The van der Waals surface area contributed by atoms with E-state index in [0.717, 1.165) is 42.9 Å². The summed E-state index contributed by atoms with van der Waals surface area (Å²) >= 11 is 0. The highest BCUT2D eigenvalue weighted by molar-refractivity contribution is 5.74. The second-order valence-electron chi connectivity index (χ2n) is 5.71. The molecule has 1 aliphatic heterocycles. The Kier molecular flexibility index (Phi) is 4.65. The minimum Gasteiger partial charge on any atom is -0.361 e. The van der Waals surface area contributed by atoms with E-state index >= 15 is 0 Å². The van der Waals surface area contributed by atoms with Crippen molar-refractivity contribution < 1.29 is 9.32 Å². The fraction of sp³-hybridized carbons (Fsp3) is 0.714. The number of aryl methyl sites for hydroxylation is 2. The predicted octanol–water partition coefficient (Wildman–Crippen LogP) is 1.53. The van der Waals surface area contributed by atoms with Gasteiger partial charge in [-0.05, 0) is 40.3 Å². The summed E-state index contributed by atoms with van der Waals surface area (Å²) in [5.74, 6) is 0.777. The van der Waals surface area contributed by atoms with Crippen LogP contribution in [0.3, 0.4) is 0 Å². The van der Waals surface area contributed by atoms with Crippen LogP contribution in [-0.2, 0) is 6.54 Å². The van der Waals surface area contributed by atoms with Crippen LogP contribution in [0.2, 0.25) is 0 Å². The van der Waals surface area contributed by atoms with Crippen LogP contribution in [0, 0.1) is 13.8 Å². The summed E-state index contributed by atoms with van der Waals surface area (Å²) in [6.45, 7) is 6.33. The molecule has 0 unspecified atom stereocenters. The molecule has 6 nitrogen and oxygen atoms in total. The molecule has 6 heteroatoms. The Balaban J connectivity index is 1.89. The molecular weight excluding hydrogens is 256 g/mol. The molecule has 2 heterocycles. The average molecular weight is 280 g/mol. The molecule has 20 heavy (non-hydrogen) atoms. The van der Waals surface area contributed by atoms with E-state index in [1.807, 2.05) is 13.8 Å². The van der Waals surface area contributed by atoms with Crippen LogP contribution in [0.5, 0.6) is 0 Å². The summed E-state index contributed by atoms with van der Waals surface area (Å²) < 4.78 is 5.12. The van der Waals surface area contributed by atoms with E-state index in [9.17, 15) is 4.79 Å². The Morgan fingerprint density at radius 1 is 1.55 bits per heavy atom. The maximum absolute atomic E-state index is 12.2. The van der Waals surface area contributed by atoms with Gasteiger partial charge >= 0.3 is 6.03 Å². The Hall–Kier alpha value is -1.56. The topological polar surface area (TPSA) is 61.6 Å². The fourth-order valence-electron chi connectivity index (χ4n) is 2.61. The first kappa shape index (κ1) is 14.8. The maximum atomic E-state index is 12.2. The van der Waals surface area contributed by atoms with E-state index in [-0.39, 0.29) is 12.1 Å². The highest BCUT2D eigenvalue weighted by atomic mass is 16.5. The van der Waals surface area contributed by atoms with Crippen molar-refractivity contribution in [2.75, 3.05) is 27.2 Å². The molecule has 0 aliphatic carbocycles. The Morgan fingerprint density at radius 2 is 2.30 bits per heavy atom. The number of nitrogens with zero attached hydrogens (tertiary/aromatic N) is 3. The van der Waals surface area contributed by atoms with Crippen LogP contribution in [0.1, 0.15) is 29.9 Å². The highest BCUT2D eigenvalue weighted by Gasteiger charge is 2.21. The third-order valence-electron chi connectivity index (χ3n) is 3.88. The number of hydrogen-bond acceptors (Lipinski definition) is 4. The number of likely N-dealkylation sites (N-methyl/N-ethyl adjacent to an activating group) is 1. The van der Waals surface area contributed by atoms with Gasteiger partial charge in [0.05, 0.1) is 12.2 Å². The lowest BCUT2D eigenvalue weighted by molar-refractivity contribution is 0.184. The number of carbonyl (C=O) groups excluding carboxylic acids is 1. The van der Waals surface area contributed by atoms with Crippen molar-refractivity contribution in [3.05, 3.63) is 17.0 Å². The molecule has 1 saturated heterocycles. The molecule has 1 fully saturated rings. The Labute approximate surface area is 120 Å². The average Bonchev–Trinajstić information content (AvgIpc) is 2.70. The number of urea groups is 1. The van der Waals surface area contributed by atoms with Gasteiger partial charge in [-0.3, -0.25) is 0 Å². The van der Waals surface area contributed by atoms with Crippen LogP contribution < -0.4 is 5.32 Å². The molecule has 0 bridgehead atoms. The molecule has 1 aliphatic rings. The number of rotatable bonds is 3. The number of piperidine rings is 1. The molecule has 0 saturated carbocycles. The van der Waals surface area contributed by atoms with E-state index < -0.39 is 0 Å². The molecule has 1 atom stereocenters. The molecular formula is C14H24N4O2.